The molecule has 0 spiro atoms. The highest BCUT2D eigenvalue weighted by Crippen LogP contribution is 2.38. The van der Waals surface area contributed by atoms with Crippen LogP contribution in [0, 0.1) is 6.92 Å². The number of hydrogen-bond donors (Lipinski definition) is 3. The van der Waals surface area contributed by atoms with Gasteiger partial charge < -0.3 is 25.8 Å². The molecule has 2 rings (SSSR count). The number of rotatable bonds is 8. The number of alkyl carbamates (subject to hydrolysis) is 1. The van der Waals surface area contributed by atoms with E-state index in [0.29, 0.717) is 10.8 Å². The molecule has 9 nitrogen and oxygen atoms in total. The number of ether oxygens (including phenoxy) is 2. The number of halogens is 4. The van der Waals surface area contributed by atoms with Gasteiger partial charge in [-0.1, -0.05) is 23.7 Å². The van der Waals surface area contributed by atoms with E-state index < -0.39 is 29.2 Å². The highest BCUT2D eigenvalue weighted by Gasteiger charge is 2.35. The number of aromatic nitrogens is 1. The van der Waals surface area contributed by atoms with Crippen LogP contribution in [0.5, 0.6) is 5.75 Å². The fourth-order valence-electron chi connectivity index (χ4n) is 2.87. The van der Waals surface area contributed by atoms with E-state index in [4.69, 9.17) is 25.9 Å². The van der Waals surface area contributed by atoms with Gasteiger partial charge in [-0.2, -0.15) is 13.2 Å². The Hall–Kier alpha value is -3.54. The Kier molecular flexibility index (Phi) is 12.1. The fourth-order valence-corrected chi connectivity index (χ4v) is 3.08. The first kappa shape index (κ1) is 31.5. The van der Waals surface area contributed by atoms with Gasteiger partial charge in [-0.25, -0.2) is 9.78 Å². The molecule has 3 amide bonds. The van der Waals surface area contributed by atoms with E-state index >= 15 is 0 Å². The van der Waals surface area contributed by atoms with Gasteiger partial charge in [0.25, 0.3) is 0 Å². The van der Waals surface area contributed by atoms with Crippen molar-refractivity contribution < 1.29 is 37.0 Å². The molecule has 1 aromatic heterocycles. The van der Waals surface area contributed by atoms with E-state index in [-0.39, 0.29) is 43.9 Å². The van der Waals surface area contributed by atoms with Crippen molar-refractivity contribution in [2.75, 3.05) is 11.9 Å². The molecule has 0 aliphatic rings. The smallest absolute Gasteiger partial charge is 0.419 e. The Balaban J connectivity index is 0.00000217. The molecule has 2 aromatic rings. The average Bonchev–Trinajstić information content (AvgIpc) is 2.76. The van der Waals surface area contributed by atoms with Crippen LogP contribution in [0.1, 0.15) is 50.3 Å². The quantitative estimate of drug-likeness (QED) is 0.243. The van der Waals surface area contributed by atoms with E-state index in [1.807, 2.05) is 0 Å². The van der Waals surface area contributed by atoms with Gasteiger partial charge in [-0.15, -0.1) is 0 Å². The summed E-state index contributed by atoms with van der Waals surface area (Å²) < 4.78 is 51.1. The van der Waals surface area contributed by atoms with Crippen molar-refractivity contribution in [3.63, 3.8) is 0 Å². The second kappa shape index (κ2) is 14.3. The summed E-state index contributed by atoms with van der Waals surface area (Å²) in [6.07, 6.45) is -3.57. The van der Waals surface area contributed by atoms with E-state index in [2.05, 4.69) is 21.4 Å². The van der Waals surface area contributed by atoms with Gasteiger partial charge in [0, 0.05) is 18.5 Å². The molecule has 0 fully saturated rings. The zero-order valence-electron chi connectivity index (χ0n) is 20.9. The summed E-state index contributed by atoms with van der Waals surface area (Å²) in [5.41, 5.74) is 3.80. The fraction of sp³-hybridized carbons (Fsp3) is 0.417. The van der Waals surface area contributed by atoms with Crippen LogP contribution < -0.4 is 21.1 Å². The number of para-hydroxylation sites is 1. The largest absolute Gasteiger partial charge is 0.493 e. The van der Waals surface area contributed by atoms with E-state index in [9.17, 15) is 22.8 Å². The lowest BCUT2D eigenvalue weighted by molar-refractivity contribution is -0.139. The third-order valence-electron chi connectivity index (χ3n) is 4.37. The van der Waals surface area contributed by atoms with Gasteiger partial charge in [0.2, 0.25) is 12.3 Å². The molecular weight excluding hydrogens is 517 g/mol. The van der Waals surface area contributed by atoms with Gasteiger partial charge in [-0.05, 0) is 51.8 Å². The maximum absolute atomic E-state index is 13.5. The van der Waals surface area contributed by atoms with Gasteiger partial charge in [-0.3, -0.25) is 9.59 Å². The average molecular weight is 547 g/mol. The molecule has 0 aliphatic heterocycles. The predicted molar refractivity (Wildman–Crippen MR) is 132 cm³/mol. The normalized spacial score (nSPS) is 11.0. The van der Waals surface area contributed by atoms with Crippen molar-refractivity contribution in [2.45, 2.75) is 58.9 Å². The van der Waals surface area contributed by atoms with Crippen LogP contribution in [-0.4, -0.2) is 35.6 Å². The molecule has 0 saturated carbocycles. The number of amides is 3. The maximum Gasteiger partial charge on any atom is 0.419 e. The molecular formula is C24H30ClF3N4O5. The summed E-state index contributed by atoms with van der Waals surface area (Å²) in [5, 5.41) is 5.40. The molecule has 0 saturated heterocycles. The lowest BCUT2D eigenvalue weighted by Crippen LogP contribution is -2.32. The molecule has 1 aromatic carbocycles. The Bertz CT molecular complexity index is 1080. The molecule has 204 valence electrons. The van der Waals surface area contributed by atoms with Crippen molar-refractivity contribution in [3.8, 4) is 5.75 Å². The second-order valence-corrected chi connectivity index (χ2v) is 8.99. The van der Waals surface area contributed by atoms with E-state index in [0.717, 1.165) is 11.6 Å². The summed E-state index contributed by atoms with van der Waals surface area (Å²) in [4.78, 5) is 36.6. The number of nitrogens with zero attached hydrogens (tertiary/aromatic N) is 1. The highest BCUT2D eigenvalue weighted by molar-refractivity contribution is 6.29. The lowest BCUT2D eigenvalue weighted by Gasteiger charge is -2.21. The van der Waals surface area contributed by atoms with Crippen LogP contribution in [-0.2, 0) is 27.0 Å². The Labute approximate surface area is 217 Å². The predicted octanol–water partition coefficient (Wildman–Crippen LogP) is 4.99. The zero-order valence-corrected chi connectivity index (χ0v) is 21.6. The second-order valence-electron chi connectivity index (χ2n) is 8.61. The molecule has 1 heterocycles. The standard InChI is InChI=1S/C23H27ClF3N3O4.CH3NO/c1-14-11-18(24)28-13-17(14)30-19(31)9-6-10-33-20-15(7-5-8-16(20)23(25,26)27)12-29-21(32)34-22(2,3)4;2-1-3/h5,7-8,11,13H,6,9-10,12H2,1-4H3,(H,29,32)(H,30,31);1H,(H2,2,3). The van der Waals surface area contributed by atoms with Gasteiger partial charge in [0.15, 0.2) is 0 Å². The summed E-state index contributed by atoms with van der Waals surface area (Å²) in [6.45, 7) is 6.41. The number of nitrogens with one attached hydrogen (secondary N) is 2. The number of alkyl halides is 3. The zero-order chi connectivity index (χ0) is 28.2. The highest BCUT2D eigenvalue weighted by atomic mass is 35.5. The topological polar surface area (TPSA) is 133 Å². The van der Waals surface area contributed by atoms with Crippen molar-refractivity contribution in [3.05, 3.63) is 52.3 Å². The molecule has 4 N–H and O–H groups in total. The number of pyridine rings is 1. The lowest BCUT2D eigenvalue weighted by atomic mass is 10.1. The summed E-state index contributed by atoms with van der Waals surface area (Å²) in [5.74, 6) is -0.740. The molecule has 13 heteroatoms. The number of hydrogen-bond acceptors (Lipinski definition) is 6. The molecule has 0 unspecified atom stereocenters. The number of carbonyl (C=O) groups excluding carboxylic acids is 3. The molecule has 37 heavy (non-hydrogen) atoms. The van der Waals surface area contributed by atoms with Crippen LogP contribution in [0.4, 0.5) is 23.7 Å². The third-order valence-corrected chi connectivity index (χ3v) is 4.58. The number of benzene rings is 1. The molecule has 0 atom stereocenters. The van der Waals surface area contributed by atoms with Crippen LogP contribution >= 0.6 is 11.6 Å². The Morgan fingerprint density at radius 2 is 1.86 bits per heavy atom. The number of anilines is 1. The van der Waals surface area contributed by atoms with Crippen molar-refractivity contribution >= 4 is 35.7 Å². The third kappa shape index (κ3) is 11.8. The van der Waals surface area contributed by atoms with E-state index in [1.165, 1.54) is 18.3 Å². The first-order chi connectivity index (χ1) is 17.2. The monoisotopic (exact) mass is 546 g/mol. The minimum absolute atomic E-state index is 0.0156. The summed E-state index contributed by atoms with van der Waals surface area (Å²) >= 11 is 5.79. The molecule has 0 aliphatic carbocycles. The van der Waals surface area contributed by atoms with Crippen LogP contribution in [0.2, 0.25) is 5.15 Å². The van der Waals surface area contributed by atoms with Gasteiger partial charge >= 0.3 is 12.3 Å². The Morgan fingerprint density at radius 1 is 1.22 bits per heavy atom. The number of carbonyl (C=O) groups is 3. The summed E-state index contributed by atoms with van der Waals surface area (Å²) in [6, 6.07) is 5.15. The molecule has 0 bridgehead atoms. The molecule has 0 radical (unpaired) electrons. The minimum Gasteiger partial charge on any atom is -0.493 e. The Morgan fingerprint density at radius 3 is 2.43 bits per heavy atom. The van der Waals surface area contributed by atoms with Crippen molar-refractivity contribution in [2.24, 2.45) is 5.73 Å². The first-order valence-corrected chi connectivity index (χ1v) is 11.4. The van der Waals surface area contributed by atoms with Gasteiger partial charge in [0.1, 0.15) is 16.5 Å². The van der Waals surface area contributed by atoms with Gasteiger partial charge in [0.05, 0.1) is 24.1 Å². The van der Waals surface area contributed by atoms with Crippen LogP contribution in [0.15, 0.2) is 30.5 Å². The van der Waals surface area contributed by atoms with Crippen molar-refractivity contribution in [1.82, 2.24) is 10.3 Å². The van der Waals surface area contributed by atoms with Crippen molar-refractivity contribution in [1.29, 1.82) is 0 Å². The van der Waals surface area contributed by atoms with E-state index in [1.54, 1.807) is 33.8 Å². The number of nitrogens with two attached hydrogens (primary N) is 1. The summed E-state index contributed by atoms with van der Waals surface area (Å²) in [7, 11) is 0. The van der Waals surface area contributed by atoms with Crippen LogP contribution in [0.25, 0.3) is 0 Å². The maximum atomic E-state index is 13.5. The number of aryl methyl sites for hydroxylation is 1. The number of primary amides is 1. The SMILES string of the molecule is Cc1cc(Cl)ncc1NC(=O)CCCOc1c(CNC(=O)OC(C)(C)C)cccc1C(F)(F)F.NC=O. The minimum atomic E-state index is -4.66. The first-order valence-electron chi connectivity index (χ1n) is 11.0. The van der Waals surface area contributed by atoms with Crippen LogP contribution in [0.3, 0.4) is 0 Å².